The van der Waals surface area contributed by atoms with E-state index >= 15 is 0 Å². The number of allylic oxidation sites excluding steroid dienone is 2. The van der Waals surface area contributed by atoms with Crippen molar-refractivity contribution in [2.24, 2.45) is 5.92 Å². The number of hydrogen-bond acceptors (Lipinski definition) is 8. The molecule has 0 aromatic carbocycles. The lowest BCUT2D eigenvalue weighted by atomic mass is 10.0. The molecule has 1 aliphatic carbocycles. The van der Waals surface area contributed by atoms with Crippen molar-refractivity contribution in [3.63, 3.8) is 0 Å². The van der Waals surface area contributed by atoms with Gasteiger partial charge in [-0.05, 0) is 36.4 Å². The number of hydrogen-bond donors (Lipinski definition) is 5. The summed E-state index contributed by atoms with van der Waals surface area (Å²) in [6.07, 6.45) is 11.0. The topological polar surface area (TPSA) is 123 Å². The molecule has 4 atom stereocenters. The SMILES string of the molecule is CC1NC2NC=CC2C(NC2=CC3=CN(C(=O)Cc4nn[nH]n4)CC3=C2)N1. The van der Waals surface area contributed by atoms with Gasteiger partial charge in [-0.25, -0.2) is 0 Å². The van der Waals surface area contributed by atoms with Crippen LogP contribution in [-0.4, -0.2) is 56.5 Å². The number of carbonyl (C=O) groups excluding carboxylic acids is 1. The van der Waals surface area contributed by atoms with Crippen LogP contribution in [0.5, 0.6) is 0 Å². The molecular weight excluding hydrogens is 346 g/mol. The van der Waals surface area contributed by atoms with Gasteiger partial charge < -0.3 is 15.5 Å². The zero-order valence-electron chi connectivity index (χ0n) is 14.8. The van der Waals surface area contributed by atoms with Gasteiger partial charge in [0.2, 0.25) is 5.91 Å². The van der Waals surface area contributed by atoms with Gasteiger partial charge in [0.25, 0.3) is 0 Å². The molecule has 4 unspecified atom stereocenters. The van der Waals surface area contributed by atoms with E-state index in [0.29, 0.717) is 18.3 Å². The largest absolute Gasteiger partial charge is 0.375 e. The van der Waals surface area contributed by atoms with Crippen molar-refractivity contribution in [1.29, 1.82) is 0 Å². The molecule has 0 spiro atoms. The molecule has 140 valence electrons. The molecule has 10 nitrogen and oxygen atoms in total. The Kier molecular flexibility index (Phi) is 3.80. The summed E-state index contributed by atoms with van der Waals surface area (Å²) in [7, 11) is 0. The van der Waals surface area contributed by atoms with Gasteiger partial charge in [0, 0.05) is 17.8 Å². The molecule has 1 aromatic rings. The van der Waals surface area contributed by atoms with E-state index in [1.165, 1.54) is 0 Å². The summed E-state index contributed by atoms with van der Waals surface area (Å²) in [4.78, 5) is 14.1. The van der Waals surface area contributed by atoms with Crippen LogP contribution in [0.4, 0.5) is 0 Å². The number of H-pyrrole nitrogens is 1. The van der Waals surface area contributed by atoms with E-state index in [9.17, 15) is 4.79 Å². The fourth-order valence-corrected chi connectivity index (χ4v) is 3.94. The van der Waals surface area contributed by atoms with Gasteiger partial charge in [0.05, 0.1) is 31.5 Å². The van der Waals surface area contributed by atoms with Crippen LogP contribution in [0.3, 0.4) is 0 Å². The summed E-state index contributed by atoms with van der Waals surface area (Å²) in [5.74, 6) is 0.685. The molecule has 27 heavy (non-hydrogen) atoms. The monoisotopic (exact) mass is 367 g/mol. The number of rotatable bonds is 4. The minimum atomic E-state index is -0.0408. The minimum Gasteiger partial charge on any atom is -0.375 e. The maximum Gasteiger partial charge on any atom is 0.234 e. The van der Waals surface area contributed by atoms with E-state index in [2.05, 4.69) is 67.0 Å². The number of aromatic nitrogens is 4. The Morgan fingerprint density at radius 2 is 2.30 bits per heavy atom. The average molecular weight is 367 g/mol. The third kappa shape index (κ3) is 3.02. The van der Waals surface area contributed by atoms with Crippen LogP contribution in [0.15, 0.2) is 47.5 Å². The predicted octanol–water partition coefficient (Wildman–Crippen LogP) is -1.19. The van der Waals surface area contributed by atoms with Gasteiger partial charge in [-0.1, -0.05) is 11.3 Å². The highest BCUT2D eigenvalue weighted by atomic mass is 16.2. The summed E-state index contributed by atoms with van der Waals surface area (Å²) >= 11 is 0. The van der Waals surface area contributed by atoms with Crippen molar-refractivity contribution < 1.29 is 4.79 Å². The molecule has 4 heterocycles. The normalized spacial score (nSPS) is 31.0. The van der Waals surface area contributed by atoms with Crippen LogP contribution in [0.1, 0.15) is 12.7 Å². The molecule has 3 aliphatic heterocycles. The van der Waals surface area contributed by atoms with Gasteiger partial charge in [-0.3, -0.25) is 15.4 Å². The second-order valence-corrected chi connectivity index (χ2v) is 7.14. The predicted molar refractivity (Wildman–Crippen MR) is 96.1 cm³/mol. The third-order valence-corrected chi connectivity index (χ3v) is 5.21. The summed E-state index contributed by atoms with van der Waals surface area (Å²) < 4.78 is 0. The zero-order valence-corrected chi connectivity index (χ0v) is 14.8. The molecule has 0 radical (unpaired) electrons. The number of tetrazole rings is 1. The summed E-state index contributed by atoms with van der Waals surface area (Å²) in [6.45, 7) is 2.67. The van der Waals surface area contributed by atoms with Gasteiger partial charge in [0.1, 0.15) is 0 Å². The molecule has 1 saturated heterocycles. The van der Waals surface area contributed by atoms with Crippen LogP contribution in [0.25, 0.3) is 0 Å². The van der Waals surface area contributed by atoms with Crippen molar-refractivity contribution in [1.82, 2.24) is 46.8 Å². The molecule has 5 rings (SSSR count). The Labute approximate surface area is 155 Å². The molecule has 0 bridgehead atoms. The number of nitrogens with one attached hydrogen (secondary N) is 5. The van der Waals surface area contributed by atoms with Crippen LogP contribution in [-0.2, 0) is 11.2 Å². The van der Waals surface area contributed by atoms with Crippen LogP contribution in [0.2, 0.25) is 0 Å². The van der Waals surface area contributed by atoms with Gasteiger partial charge in [-0.2, -0.15) is 5.21 Å². The highest BCUT2D eigenvalue weighted by molar-refractivity contribution is 5.81. The van der Waals surface area contributed by atoms with E-state index in [0.717, 1.165) is 16.8 Å². The van der Waals surface area contributed by atoms with E-state index in [1.807, 2.05) is 12.4 Å². The van der Waals surface area contributed by atoms with Crippen LogP contribution < -0.4 is 21.3 Å². The van der Waals surface area contributed by atoms with Crippen molar-refractivity contribution in [3.8, 4) is 0 Å². The lowest BCUT2D eigenvalue weighted by Gasteiger charge is -2.40. The Morgan fingerprint density at radius 1 is 1.37 bits per heavy atom. The zero-order chi connectivity index (χ0) is 18.4. The first kappa shape index (κ1) is 16.2. The molecule has 4 aliphatic rings. The maximum absolute atomic E-state index is 12.4. The smallest absolute Gasteiger partial charge is 0.234 e. The second-order valence-electron chi connectivity index (χ2n) is 7.14. The number of amides is 1. The lowest BCUT2D eigenvalue weighted by Crippen LogP contribution is -2.67. The Balaban J connectivity index is 1.25. The van der Waals surface area contributed by atoms with Crippen molar-refractivity contribution in [2.45, 2.75) is 31.8 Å². The number of nitrogens with zero attached hydrogens (tertiary/aromatic N) is 4. The quantitative estimate of drug-likeness (QED) is 0.450. The van der Waals surface area contributed by atoms with Gasteiger partial charge in [0.15, 0.2) is 5.82 Å². The molecule has 10 heteroatoms. The Bertz CT molecular complexity index is 869. The van der Waals surface area contributed by atoms with E-state index in [1.54, 1.807) is 4.90 Å². The van der Waals surface area contributed by atoms with Gasteiger partial charge in [-0.15, -0.1) is 10.2 Å². The fourth-order valence-electron chi connectivity index (χ4n) is 3.94. The molecule has 1 amide bonds. The summed E-state index contributed by atoms with van der Waals surface area (Å²) in [5.41, 5.74) is 3.27. The highest BCUT2D eigenvalue weighted by Gasteiger charge is 2.37. The number of carbonyl (C=O) groups is 1. The second kappa shape index (κ2) is 6.32. The van der Waals surface area contributed by atoms with E-state index in [4.69, 9.17) is 0 Å². The fraction of sp³-hybridized carbons (Fsp3) is 0.412. The van der Waals surface area contributed by atoms with Crippen molar-refractivity contribution >= 4 is 5.91 Å². The minimum absolute atomic E-state index is 0.0408. The Morgan fingerprint density at radius 3 is 3.11 bits per heavy atom. The molecular formula is C17H21N9O. The first-order chi connectivity index (χ1) is 13.2. The van der Waals surface area contributed by atoms with Crippen LogP contribution in [0, 0.1) is 5.92 Å². The number of fused-ring (bicyclic) bond motifs is 2. The standard InChI is InChI=1S/C17H21N9O/c1-9-19-16-13(2-3-18-16)17(20-9)21-12-4-10-7-26(8-11(10)5-12)15(27)6-14-22-24-25-23-14/h2-5,7,9,13,16-21H,6,8H2,1H3,(H,22,23,24,25). The average Bonchev–Trinajstić information content (AvgIpc) is 3.37. The highest BCUT2D eigenvalue weighted by Crippen LogP contribution is 2.30. The lowest BCUT2D eigenvalue weighted by molar-refractivity contribution is -0.127. The van der Waals surface area contributed by atoms with Crippen LogP contribution >= 0.6 is 0 Å². The van der Waals surface area contributed by atoms with Crippen molar-refractivity contribution in [3.05, 3.63) is 53.3 Å². The Hall–Kier alpha value is -2.98. The first-order valence-electron chi connectivity index (χ1n) is 9.03. The van der Waals surface area contributed by atoms with Crippen molar-refractivity contribution in [2.75, 3.05) is 6.54 Å². The summed E-state index contributed by atoms with van der Waals surface area (Å²) in [6, 6.07) is 0. The molecule has 1 fully saturated rings. The maximum atomic E-state index is 12.4. The van der Waals surface area contributed by atoms with Gasteiger partial charge >= 0.3 is 0 Å². The molecule has 0 saturated carbocycles. The first-order valence-corrected chi connectivity index (χ1v) is 9.03. The molecule has 5 N–H and O–H groups in total. The molecule has 1 aromatic heterocycles. The number of aromatic amines is 1. The summed E-state index contributed by atoms with van der Waals surface area (Å²) in [5, 5.41) is 27.5. The van der Waals surface area contributed by atoms with E-state index < -0.39 is 0 Å². The van der Waals surface area contributed by atoms with E-state index in [-0.39, 0.29) is 30.8 Å². The third-order valence-electron chi connectivity index (χ3n) is 5.21.